The fraction of sp³-hybridized carbons (Fsp3) is 0.417. The first-order valence-corrected chi connectivity index (χ1v) is 5.31. The molecular weight excluding hydrogens is 204 g/mol. The second kappa shape index (κ2) is 6.25. The van der Waals surface area contributed by atoms with Gasteiger partial charge >= 0.3 is 0 Å². The molecule has 4 heteroatoms. The fourth-order valence-corrected chi connectivity index (χ4v) is 1.41. The summed E-state index contributed by atoms with van der Waals surface area (Å²) in [4.78, 5) is 11.4. The molecule has 1 aromatic carbocycles. The van der Waals surface area contributed by atoms with Gasteiger partial charge in [0.05, 0.1) is 6.61 Å². The highest BCUT2D eigenvalue weighted by molar-refractivity contribution is 5.80. The predicted octanol–water partition coefficient (Wildman–Crippen LogP) is 1.22. The van der Waals surface area contributed by atoms with E-state index in [4.69, 9.17) is 10.6 Å². The molecule has 0 radical (unpaired) electrons. The molecular formula is C12H18N2O2. The van der Waals surface area contributed by atoms with Crippen molar-refractivity contribution in [2.75, 3.05) is 0 Å². The molecule has 0 saturated carbocycles. The van der Waals surface area contributed by atoms with Crippen LogP contribution in [0.1, 0.15) is 19.4 Å². The van der Waals surface area contributed by atoms with Crippen LogP contribution in [0.4, 0.5) is 0 Å². The van der Waals surface area contributed by atoms with Gasteiger partial charge in [0.25, 0.3) is 5.91 Å². The maximum atomic E-state index is 11.4. The Bertz CT molecular complexity index is 325. The second-order valence-corrected chi connectivity index (χ2v) is 3.97. The van der Waals surface area contributed by atoms with E-state index in [1.807, 2.05) is 44.2 Å². The van der Waals surface area contributed by atoms with E-state index in [2.05, 4.69) is 5.43 Å². The molecule has 0 saturated heterocycles. The van der Waals surface area contributed by atoms with Gasteiger partial charge in [0.2, 0.25) is 0 Å². The average molecular weight is 222 g/mol. The van der Waals surface area contributed by atoms with E-state index in [0.717, 1.165) is 5.56 Å². The van der Waals surface area contributed by atoms with Crippen LogP contribution in [0.15, 0.2) is 30.3 Å². The van der Waals surface area contributed by atoms with Crippen molar-refractivity contribution >= 4 is 5.91 Å². The molecule has 0 heterocycles. The molecule has 0 aromatic heterocycles. The lowest BCUT2D eigenvalue weighted by Crippen LogP contribution is -2.43. The number of amides is 1. The molecule has 0 aliphatic rings. The Hall–Kier alpha value is -1.39. The third-order valence-corrected chi connectivity index (χ3v) is 2.28. The highest BCUT2D eigenvalue weighted by atomic mass is 16.5. The zero-order valence-corrected chi connectivity index (χ0v) is 9.64. The van der Waals surface area contributed by atoms with Crippen LogP contribution in [0.25, 0.3) is 0 Å². The lowest BCUT2D eigenvalue weighted by molar-refractivity contribution is -0.136. The average Bonchev–Trinajstić information content (AvgIpc) is 2.30. The minimum absolute atomic E-state index is 0.0901. The van der Waals surface area contributed by atoms with Gasteiger partial charge in [-0.15, -0.1) is 0 Å². The lowest BCUT2D eigenvalue weighted by Gasteiger charge is -2.19. The summed E-state index contributed by atoms with van der Waals surface area (Å²) in [5, 5.41) is 0. The molecule has 1 rings (SSSR count). The number of benzene rings is 1. The Labute approximate surface area is 95.8 Å². The number of carbonyl (C=O) groups excluding carboxylic acids is 1. The van der Waals surface area contributed by atoms with Crippen molar-refractivity contribution < 1.29 is 9.53 Å². The first-order chi connectivity index (χ1) is 7.65. The monoisotopic (exact) mass is 222 g/mol. The van der Waals surface area contributed by atoms with Crippen LogP contribution in [-0.2, 0) is 16.1 Å². The third-order valence-electron chi connectivity index (χ3n) is 2.28. The molecule has 0 aliphatic heterocycles. The van der Waals surface area contributed by atoms with E-state index in [1.165, 1.54) is 0 Å². The highest BCUT2D eigenvalue weighted by Gasteiger charge is 2.21. The summed E-state index contributed by atoms with van der Waals surface area (Å²) in [6, 6.07) is 9.73. The Balaban J connectivity index is 2.54. The van der Waals surface area contributed by atoms with E-state index >= 15 is 0 Å². The number of hydrogen-bond donors (Lipinski definition) is 2. The van der Waals surface area contributed by atoms with Gasteiger partial charge in [-0.1, -0.05) is 44.2 Å². The molecule has 16 heavy (non-hydrogen) atoms. The molecule has 3 N–H and O–H groups in total. The minimum atomic E-state index is -0.509. The van der Waals surface area contributed by atoms with Crippen molar-refractivity contribution in [1.29, 1.82) is 0 Å². The number of hydrogen-bond acceptors (Lipinski definition) is 3. The number of nitrogens with one attached hydrogen (secondary N) is 1. The summed E-state index contributed by atoms with van der Waals surface area (Å²) < 4.78 is 5.55. The highest BCUT2D eigenvalue weighted by Crippen LogP contribution is 2.10. The van der Waals surface area contributed by atoms with E-state index in [-0.39, 0.29) is 11.8 Å². The van der Waals surface area contributed by atoms with E-state index < -0.39 is 6.10 Å². The summed E-state index contributed by atoms with van der Waals surface area (Å²) in [7, 11) is 0. The molecule has 0 bridgehead atoms. The molecule has 0 fully saturated rings. The normalized spacial score (nSPS) is 12.5. The van der Waals surface area contributed by atoms with Crippen LogP contribution in [0.5, 0.6) is 0 Å². The largest absolute Gasteiger partial charge is 0.363 e. The molecule has 1 atom stereocenters. The van der Waals surface area contributed by atoms with Gasteiger partial charge < -0.3 is 4.74 Å². The standard InChI is InChI=1S/C12H18N2O2/c1-9(2)11(12(15)14-13)16-8-10-6-4-3-5-7-10/h3-7,9,11H,8,13H2,1-2H3,(H,14,15). The van der Waals surface area contributed by atoms with Gasteiger partial charge in [0.15, 0.2) is 0 Å². The van der Waals surface area contributed by atoms with Gasteiger partial charge in [-0.3, -0.25) is 10.2 Å². The Kier molecular flexibility index (Phi) is 4.95. The van der Waals surface area contributed by atoms with Crippen molar-refractivity contribution in [1.82, 2.24) is 5.43 Å². The van der Waals surface area contributed by atoms with Gasteiger partial charge in [-0.25, -0.2) is 5.84 Å². The van der Waals surface area contributed by atoms with E-state index in [0.29, 0.717) is 6.61 Å². The van der Waals surface area contributed by atoms with E-state index in [1.54, 1.807) is 0 Å². The van der Waals surface area contributed by atoms with Crippen LogP contribution < -0.4 is 11.3 Å². The van der Waals surface area contributed by atoms with Crippen LogP contribution in [0.2, 0.25) is 0 Å². The Morgan fingerprint density at radius 3 is 2.50 bits per heavy atom. The van der Waals surface area contributed by atoms with Crippen molar-refractivity contribution in [3.63, 3.8) is 0 Å². The number of hydrazine groups is 1. The lowest BCUT2D eigenvalue weighted by atomic mass is 10.1. The maximum Gasteiger partial charge on any atom is 0.263 e. The number of carbonyl (C=O) groups is 1. The molecule has 1 amide bonds. The molecule has 1 aromatic rings. The summed E-state index contributed by atoms with van der Waals surface area (Å²) in [6.07, 6.45) is -0.509. The number of nitrogens with two attached hydrogens (primary N) is 1. The molecule has 0 aliphatic carbocycles. The van der Waals surface area contributed by atoms with Gasteiger partial charge in [0, 0.05) is 0 Å². The summed E-state index contributed by atoms with van der Waals surface area (Å²) in [5.74, 6) is 4.90. The van der Waals surface area contributed by atoms with Crippen molar-refractivity contribution in [3.05, 3.63) is 35.9 Å². The number of ether oxygens (including phenoxy) is 1. The van der Waals surface area contributed by atoms with Crippen LogP contribution in [-0.4, -0.2) is 12.0 Å². The third kappa shape index (κ3) is 3.64. The van der Waals surface area contributed by atoms with E-state index in [9.17, 15) is 4.79 Å². The summed E-state index contributed by atoms with van der Waals surface area (Å²) in [5.41, 5.74) is 3.16. The summed E-state index contributed by atoms with van der Waals surface area (Å²) in [6.45, 7) is 4.26. The summed E-state index contributed by atoms with van der Waals surface area (Å²) >= 11 is 0. The molecule has 4 nitrogen and oxygen atoms in total. The molecule has 88 valence electrons. The Morgan fingerprint density at radius 2 is 2.00 bits per heavy atom. The SMILES string of the molecule is CC(C)C(OCc1ccccc1)C(=O)NN. The molecule has 0 spiro atoms. The zero-order valence-electron chi connectivity index (χ0n) is 9.64. The topological polar surface area (TPSA) is 64.3 Å². The predicted molar refractivity (Wildman–Crippen MR) is 62.2 cm³/mol. The van der Waals surface area contributed by atoms with Gasteiger partial charge in [-0.2, -0.15) is 0 Å². The zero-order chi connectivity index (χ0) is 12.0. The smallest absolute Gasteiger partial charge is 0.263 e. The molecule has 1 unspecified atom stereocenters. The maximum absolute atomic E-state index is 11.4. The quantitative estimate of drug-likeness (QED) is 0.447. The van der Waals surface area contributed by atoms with Crippen LogP contribution in [0.3, 0.4) is 0 Å². The van der Waals surface area contributed by atoms with Gasteiger partial charge in [-0.05, 0) is 11.5 Å². The van der Waals surface area contributed by atoms with Crippen molar-refractivity contribution in [2.45, 2.75) is 26.6 Å². The van der Waals surface area contributed by atoms with Crippen LogP contribution >= 0.6 is 0 Å². The first kappa shape index (κ1) is 12.7. The number of rotatable bonds is 5. The van der Waals surface area contributed by atoms with Crippen LogP contribution in [0, 0.1) is 5.92 Å². The second-order valence-electron chi connectivity index (χ2n) is 3.97. The van der Waals surface area contributed by atoms with Gasteiger partial charge in [0.1, 0.15) is 6.10 Å². The van der Waals surface area contributed by atoms with Crippen molar-refractivity contribution in [3.8, 4) is 0 Å². The van der Waals surface area contributed by atoms with Crippen molar-refractivity contribution in [2.24, 2.45) is 11.8 Å². The fourth-order valence-electron chi connectivity index (χ4n) is 1.41. The first-order valence-electron chi connectivity index (χ1n) is 5.31. The minimum Gasteiger partial charge on any atom is -0.363 e. The Morgan fingerprint density at radius 1 is 1.38 bits per heavy atom.